The molecular formula is C11H17ClN4S. The molecular weight excluding hydrogens is 256 g/mol. The average molecular weight is 273 g/mol. The third kappa shape index (κ3) is 2.27. The maximum Gasteiger partial charge on any atom is 0.175 e. The summed E-state index contributed by atoms with van der Waals surface area (Å²) in [7, 11) is 0. The molecule has 3 rings (SSSR count). The Morgan fingerprint density at radius 3 is 2.76 bits per heavy atom. The van der Waals surface area contributed by atoms with Crippen LogP contribution in [0.5, 0.6) is 0 Å². The highest BCUT2D eigenvalue weighted by Gasteiger charge is 2.54. The molecule has 2 N–H and O–H groups in total. The monoisotopic (exact) mass is 272 g/mol. The lowest BCUT2D eigenvalue weighted by molar-refractivity contribution is 0.491. The van der Waals surface area contributed by atoms with Gasteiger partial charge in [0.1, 0.15) is 5.84 Å². The molecule has 4 nitrogen and oxygen atoms in total. The van der Waals surface area contributed by atoms with E-state index in [1.807, 2.05) is 0 Å². The van der Waals surface area contributed by atoms with Crippen LogP contribution in [-0.2, 0) is 0 Å². The second-order valence-electron chi connectivity index (χ2n) is 5.11. The van der Waals surface area contributed by atoms with Crippen LogP contribution in [0.3, 0.4) is 0 Å². The minimum Gasteiger partial charge on any atom is -0.286 e. The van der Waals surface area contributed by atoms with E-state index in [4.69, 9.17) is 11.6 Å². The fourth-order valence-electron chi connectivity index (χ4n) is 2.51. The van der Waals surface area contributed by atoms with E-state index >= 15 is 0 Å². The number of halogens is 1. The molecule has 6 heteroatoms. The molecule has 17 heavy (non-hydrogen) atoms. The van der Waals surface area contributed by atoms with Gasteiger partial charge in [0.2, 0.25) is 0 Å². The fraction of sp³-hybridized carbons (Fsp3) is 0.818. The normalized spacial score (nSPS) is 43.6. The van der Waals surface area contributed by atoms with Crippen molar-refractivity contribution in [2.24, 2.45) is 21.8 Å². The molecule has 2 aliphatic heterocycles. The van der Waals surface area contributed by atoms with Crippen LogP contribution in [0.2, 0.25) is 0 Å². The minimum absolute atomic E-state index is 0.252. The van der Waals surface area contributed by atoms with Crippen molar-refractivity contribution in [1.29, 1.82) is 0 Å². The number of thioether (sulfide) groups is 1. The van der Waals surface area contributed by atoms with Crippen LogP contribution >= 0.6 is 23.4 Å². The van der Waals surface area contributed by atoms with E-state index in [9.17, 15) is 0 Å². The Labute approximate surface area is 111 Å². The van der Waals surface area contributed by atoms with Gasteiger partial charge in [0.05, 0.1) is 17.5 Å². The molecule has 0 radical (unpaired) electrons. The summed E-state index contributed by atoms with van der Waals surface area (Å²) in [5.41, 5.74) is 6.33. The first-order valence-corrected chi connectivity index (χ1v) is 7.50. The summed E-state index contributed by atoms with van der Waals surface area (Å²) >= 11 is 7.93. The fourth-order valence-corrected chi connectivity index (χ4v) is 3.90. The Morgan fingerprint density at radius 1 is 1.29 bits per heavy atom. The lowest BCUT2D eigenvalue weighted by Gasteiger charge is -2.19. The quantitative estimate of drug-likeness (QED) is 0.520. The van der Waals surface area contributed by atoms with Crippen molar-refractivity contribution in [3.05, 3.63) is 0 Å². The number of rotatable bonds is 0. The van der Waals surface area contributed by atoms with E-state index in [1.165, 1.54) is 0 Å². The second-order valence-corrected chi connectivity index (χ2v) is 6.63. The number of amidine groups is 2. The number of fused-ring (bicyclic) bond motifs is 1. The zero-order valence-electron chi connectivity index (χ0n) is 9.98. The van der Waals surface area contributed by atoms with Crippen LogP contribution in [0.25, 0.3) is 0 Å². The Morgan fingerprint density at radius 2 is 2.12 bits per heavy atom. The maximum atomic E-state index is 6.18. The van der Waals surface area contributed by atoms with E-state index in [0.717, 1.165) is 23.2 Å². The summed E-state index contributed by atoms with van der Waals surface area (Å²) in [6.45, 7) is 4.37. The maximum absolute atomic E-state index is 6.18. The van der Waals surface area contributed by atoms with Crippen molar-refractivity contribution in [2.75, 3.05) is 5.75 Å². The minimum atomic E-state index is 0.252. The third-order valence-corrected chi connectivity index (χ3v) is 5.22. The van der Waals surface area contributed by atoms with Gasteiger partial charge in [-0.3, -0.25) is 20.8 Å². The van der Waals surface area contributed by atoms with E-state index in [0.29, 0.717) is 23.9 Å². The first-order chi connectivity index (χ1) is 8.15. The molecule has 5 atom stereocenters. The van der Waals surface area contributed by atoms with Crippen molar-refractivity contribution >= 4 is 34.4 Å². The van der Waals surface area contributed by atoms with Crippen molar-refractivity contribution < 1.29 is 0 Å². The topological polar surface area (TPSA) is 48.8 Å². The first kappa shape index (κ1) is 11.7. The van der Waals surface area contributed by atoms with E-state index < -0.39 is 0 Å². The molecule has 0 amide bonds. The van der Waals surface area contributed by atoms with Crippen LogP contribution in [0.4, 0.5) is 0 Å². The van der Waals surface area contributed by atoms with Gasteiger partial charge in [0.15, 0.2) is 5.17 Å². The predicted molar refractivity (Wildman–Crippen MR) is 73.8 cm³/mol. The Balaban J connectivity index is 1.56. The number of nitrogens with one attached hydrogen (secondary N) is 2. The van der Waals surface area contributed by atoms with Crippen LogP contribution in [-0.4, -0.2) is 34.2 Å². The number of aliphatic imine (C=N–C) groups is 2. The standard InChI is InChI=1S/C11H17ClN4S/c1-5-3-7(14-10-8(5)9(10)12)15-16-11-13-6(2)4-17-11/h5-6,8-10H,3-4H2,1-2H3,(H,13,16)(H,14,15)/t5-,6?,8-,9?,10-/m0/s1. The molecule has 0 aromatic rings. The lowest BCUT2D eigenvalue weighted by atomic mass is 9.99. The number of alkyl halides is 1. The first-order valence-electron chi connectivity index (χ1n) is 6.08. The van der Waals surface area contributed by atoms with Gasteiger partial charge in [-0.15, -0.1) is 11.6 Å². The second kappa shape index (κ2) is 4.35. The summed E-state index contributed by atoms with van der Waals surface area (Å²) < 4.78 is 0. The number of hydrogen-bond acceptors (Lipinski definition) is 5. The molecule has 1 saturated carbocycles. The van der Waals surface area contributed by atoms with Gasteiger partial charge >= 0.3 is 0 Å². The average Bonchev–Trinajstić information content (AvgIpc) is 2.76. The van der Waals surface area contributed by atoms with Crippen molar-refractivity contribution in [2.45, 2.75) is 37.7 Å². The van der Waals surface area contributed by atoms with Gasteiger partial charge in [-0.05, 0) is 12.8 Å². The van der Waals surface area contributed by atoms with Gasteiger partial charge < -0.3 is 0 Å². The van der Waals surface area contributed by atoms with Crippen molar-refractivity contribution in [3.8, 4) is 0 Å². The van der Waals surface area contributed by atoms with Crippen LogP contribution in [0.1, 0.15) is 20.3 Å². The largest absolute Gasteiger partial charge is 0.286 e. The molecule has 2 heterocycles. The predicted octanol–water partition coefficient (Wildman–Crippen LogP) is 1.62. The number of hydrazine groups is 1. The van der Waals surface area contributed by atoms with Crippen molar-refractivity contribution in [1.82, 2.24) is 10.9 Å². The van der Waals surface area contributed by atoms with Crippen molar-refractivity contribution in [3.63, 3.8) is 0 Å². The number of hydrogen-bond donors (Lipinski definition) is 2. The van der Waals surface area contributed by atoms with E-state index in [-0.39, 0.29) is 5.38 Å². The molecule has 1 aliphatic carbocycles. The molecule has 0 aromatic heterocycles. The zero-order chi connectivity index (χ0) is 12.0. The SMILES string of the molecule is CC1CSC(NNC2=N[C@@H]3C(Cl)[C@@H]3[C@@H](C)C2)=N1. The third-order valence-electron chi connectivity index (χ3n) is 3.54. The smallest absolute Gasteiger partial charge is 0.175 e. The lowest BCUT2D eigenvalue weighted by Crippen LogP contribution is -2.42. The molecule has 0 aromatic carbocycles. The van der Waals surface area contributed by atoms with Crippen LogP contribution in [0, 0.1) is 11.8 Å². The van der Waals surface area contributed by atoms with Gasteiger partial charge in [0.25, 0.3) is 0 Å². The van der Waals surface area contributed by atoms with E-state index in [1.54, 1.807) is 11.8 Å². The van der Waals surface area contributed by atoms with Gasteiger partial charge in [0, 0.05) is 18.1 Å². The molecule has 0 bridgehead atoms. The summed E-state index contributed by atoms with van der Waals surface area (Å²) in [5.74, 6) is 3.30. The Hall–Kier alpha value is -0.420. The van der Waals surface area contributed by atoms with Crippen LogP contribution < -0.4 is 10.9 Å². The van der Waals surface area contributed by atoms with Gasteiger partial charge in [-0.1, -0.05) is 18.7 Å². The highest BCUT2D eigenvalue weighted by molar-refractivity contribution is 8.14. The molecule has 94 valence electrons. The molecule has 3 aliphatic rings. The summed E-state index contributed by atoms with van der Waals surface area (Å²) in [6.07, 6.45) is 0.977. The Bertz CT molecular complexity index is 384. The molecule has 0 spiro atoms. The molecule has 0 saturated heterocycles. The summed E-state index contributed by atoms with van der Waals surface area (Å²) in [6, 6.07) is 0.748. The molecule has 1 fully saturated rings. The van der Waals surface area contributed by atoms with Gasteiger partial charge in [-0.2, -0.15) is 0 Å². The summed E-state index contributed by atoms with van der Waals surface area (Å²) in [4.78, 5) is 9.08. The number of nitrogens with zero attached hydrogens (tertiary/aromatic N) is 2. The molecule has 2 unspecified atom stereocenters. The van der Waals surface area contributed by atoms with E-state index in [2.05, 4.69) is 34.7 Å². The zero-order valence-corrected chi connectivity index (χ0v) is 11.6. The highest BCUT2D eigenvalue weighted by Crippen LogP contribution is 2.48. The summed E-state index contributed by atoms with van der Waals surface area (Å²) in [5, 5.41) is 1.22. The Kier molecular flexibility index (Phi) is 2.99. The highest BCUT2D eigenvalue weighted by atomic mass is 35.5. The van der Waals surface area contributed by atoms with Gasteiger partial charge in [-0.25, -0.2) is 0 Å². The van der Waals surface area contributed by atoms with Crippen LogP contribution in [0.15, 0.2) is 9.98 Å².